The minimum absolute atomic E-state index is 0.108. The number of carbonyl (C=O) groups is 2. The van der Waals surface area contributed by atoms with Crippen molar-refractivity contribution in [1.82, 2.24) is 9.97 Å². The molecule has 0 bridgehead atoms. The number of hydrogen-bond donors (Lipinski definition) is 1. The van der Waals surface area contributed by atoms with E-state index in [-0.39, 0.29) is 25.0 Å². The van der Waals surface area contributed by atoms with Crippen LogP contribution < -0.4 is 15.0 Å². The van der Waals surface area contributed by atoms with E-state index in [0.717, 1.165) is 38.8 Å². The SMILES string of the molecule is Cc1cccc(C)c1NC(=O)CN1C(=O)COc2ccc(-c3csc(-c4ccccn4)n3)cc21. The van der Waals surface area contributed by atoms with Crippen LogP contribution in [0.3, 0.4) is 0 Å². The van der Waals surface area contributed by atoms with Gasteiger partial charge in [-0.2, -0.15) is 0 Å². The lowest BCUT2D eigenvalue weighted by Gasteiger charge is -2.29. The Bertz CT molecular complexity index is 1360. The highest BCUT2D eigenvalue weighted by Crippen LogP contribution is 2.37. The highest BCUT2D eigenvalue weighted by atomic mass is 32.1. The van der Waals surface area contributed by atoms with E-state index in [2.05, 4.69) is 10.3 Å². The Morgan fingerprint density at radius 2 is 1.91 bits per heavy atom. The van der Waals surface area contributed by atoms with E-state index < -0.39 is 0 Å². The normalized spacial score (nSPS) is 12.8. The van der Waals surface area contributed by atoms with Gasteiger partial charge in [0, 0.05) is 22.8 Å². The largest absolute Gasteiger partial charge is 0.482 e. The van der Waals surface area contributed by atoms with Gasteiger partial charge in [0.05, 0.1) is 17.1 Å². The minimum Gasteiger partial charge on any atom is -0.482 e. The number of anilines is 2. The summed E-state index contributed by atoms with van der Waals surface area (Å²) in [5, 5.41) is 5.72. The number of nitrogens with one attached hydrogen (secondary N) is 1. The summed E-state index contributed by atoms with van der Waals surface area (Å²) in [5.41, 5.74) is 5.67. The topological polar surface area (TPSA) is 84.4 Å². The quantitative estimate of drug-likeness (QED) is 0.451. The Kier molecular flexibility index (Phi) is 5.81. The van der Waals surface area contributed by atoms with Crippen LogP contribution in [-0.2, 0) is 9.59 Å². The van der Waals surface area contributed by atoms with Gasteiger partial charge in [0.1, 0.15) is 17.3 Å². The average molecular weight is 471 g/mol. The molecule has 3 heterocycles. The van der Waals surface area contributed by atoms with E-state index in [9.17, 15) is 9.59 Å². The molecule has 4 aromatic rings. The lowest BCUT2D eigenvalue weighted by atomic mass is 10.1. The van der Waals surface area contributed by atoms with Gasteiger partial charge in [0.25, 0.3) is 5.91 Å². The number of rotatable bonds is 5. The van der Waals surface area contributed by atoms with Gasteiger partial charge >= 0.3 is 0 Å². The maximum Gasteiger partial charge on any atom is 0.265 e. The van der Waals surface area contributed by atoms with Gasteiger partial charge in [-0.25, -0.2) is 4.98 Å². The highest BCUT2D eigenvalue weighted by molar-refractivity contribution is 7.13. The molecule has 0 atom stereocenters. The number of amides is 2. The number of aromatic nitrogens is 2. The third-order valence-electron chi connectivity index (χ3n) is 5.63. The van der Waals surface area contributed by atoms with Gasteiger partial charge in [-0.1, -0.05) is 24.3 Å². The van der Waals surface area contributed by atoms with Crippen LogP contribution in [0.5, 0.6) is 5.75 Å². The number of hydrogen-bond acceptors (Lipinski definition) is 6. The third-order valence-corrected chi connectivity index (χ3v) is 6.50. The van der Waals surface area contributed by atoms with Crippen molar-refractivity contribution in [2.45, 2.75) is 13.8 Å². The molecule has 0 saturated heterocycles. The zero-order valence-electron chi connectivity index (χ0n) is 18.7. The first-order valence-electron chi connectivity index (χ1n) is 10.8. The van der Waals surface area contributed by atoms with E-state index in [1.54, 1.807) is 6.20 Å². The lowest BCUT2D eigenvalue weighted by Crippen LogP contribution is -2.43. The zero-order chi connectivity index (χ0) is 23.7. The van der Waals surface area contributed by atoms with Crippen molar-refractivity contribution in [3.63, 3.8) is 0 Å². The molecule has 0 saturated carbocycles. The Labute approximate surface area is 201 Å². The van der Waals surface area contributed by atoms with Crippen LogP contribution >= 0.6 is 11.3 Å². The molecule has 170 valence electrons. The Morgan fingerprint density at radius 3 is 2.68 bits per heavy atom. The number of nitrogens with zero attached hydrogens (tertiary/aromatic N) is 3. The molecule has 2 aromatic carbocycles. The summed E-state index contributed by atoms with van der Waals surface area (Å²) >= 11 is 1.50. The van der Waals surface area contributed by atoms with Crippen LogP contribution in [0.1, 0.15) is 11.1 Å². The Morgan fingerprint density at radius 1 is 1.09 bits per heavy atom. The highest BCUT2D eigenvalue weighted by Gasteiger charge is 2.28. The lowest BCUT2D eigenvalue weighted by molar-refractivity contribution is -0.123. The molecule has 0 fully saturated rings. The van der Waals surface area contributed by atoms with Crippen LogP contribution in [-0.4, -0.2) is 34.9 Å². The molecule has 8 heteroatoms. The number of aryl methyl sites for hydroxylation is 2. The summed E-state index contributed by atoms with van der Waals surface area (Å²) in [6.45, 7) is 3.67. The maximum atomic E-state index is 12.9. The molecule has 0 spiro atoms. The predicted molar refractivity (Wildman–Crippen MR) is 133 cm³/mol. The fraction of sp³-hybridized carbons (Fsp3) is 0.154. The van der Waals surface area contributed by atoms with Crippen molar-refractivity contribution in [3.05, 3.63) is 77.3 Å². The number of pyridine rings is 1. The molecular formula is C26H22N4O3S. The van der Waals surface area contributed by atoms with Gasteiger partial charge in [0.15, 0.2) is 6.61 Å². The third kappa shape index (κ3) is 4.27. The van der Waals surface area contributed by atoms with Crippen LogP contribution in [0.2, 0.25) is 0 Å². The van der Waals surface area contributed by atoms with Crippen molar-refractivity contribution >= 4 is 34.5 Å². The summed E-state index contributed by atoms with van der Waals surface area (Å²) < 4.78 is 5.62. The summed E-state index contributed by atoms with van der Waals surface area (Å²) in [7, 11) is 0. The number of ether oxygens (including phenoxy) is 1. The molecule has 2 amide bonds. The van der Waals surface area contributed by atoms with Crippen LogP contribution in [0.4, 0.5) is 11.4 Å². The molecule has 1 N–H and O–H groups in total. The standard InChI is InChI=1S/C26H22N4O3S/c1-16-6-5-7-17(2)25(16)29-23(31)13-30-21-12-18(9-10-22(21)33-14-24(30)32)20-15-34-26(28-20)19-8-3-4-11-27-19/h3-12,15H,13-14H2,1-2H3,(H,29,31). The first kappa shape index (κ1) is 21.8. The molecule has 2 aromatic heterocycles. The number of para-hydroxylation sites is 1. The van der Waals surface area contributed by atoms with Crippen LogP contribution in [0.15, 0.2) is 66.2 Å². The van der Waals surface area contributed by atoms with Crippen molar-refractivity contribution in [3.8, 4) is 27.7 Å². The molecule has 0 aliphatic carbocycles. The van der Waals surface area contributed by atoms with Gasteiger partial charge in [-0.3, -0.25) is 19.5 Å². The molecule has 34 heavy (non-hydrogen) atoms. The van der Waals surface area contributed by atoms with Gasteiger partial charge < -0.3 is 10.1 Å². The second-order valence-electron chi connectivity index (χ2n) is 8.02. The summed E-state index contributed by atoms with van der Waals surface area (Å²) in [4.78, 5) is 36.1. The molecular weight excluding hydrogens is 448 g/mol. The zero-order valence-corrected chi connectivity index (χ0v) is 19.6. The van der Waals surface area contributed by atoms with Crippen molar-refractivity contribution < 1.29 is 14.3 Å². The summed E-state index contributed by atoms with van der Waals surface area (Å²) in [5.74, 6) is 0.0206. The van der Waals surface area contributed by atoms with E-state index >= 15 is 0 Å². The van der Waals surface area contributed by atoms with E-state index in [1.165, 1.54) is 16.2 Å². The van der Waals surface area contributed by atoms with Crippen molar-refractivity contribution in [2.24, 2.45) is 0 Å². The fourth-order valence-electron chi connectivity index (χ4n) is 3.88. The van der Waals surface area contributed by atoms with Gasteiger partial charge in [-0.15, -0.1) is 11.3 Å². The van der Waals surface area contributed by atoms with E-state index in [0.29, 0.717) is 11.4 Å². The summed E-state index contributed by atoms with van der Waals surface area (Å²) in [6, 6.07) is 17.1. The average Bonchev–Trinajstić information content (AvgIpc) is 3.34. The number of benzene rings is 2. The monoisotopic (exact) mass is 470 g/mol. The summed E-state index contributed by atoms with van der Waals surface area (Å²) in [6.07, 6.45) is 1.74. The molecule has 0 unspecified atom stereocenters. The Balaban J connectivity index is 1.41. The molecule has 1 aliphatic heterocycles. The smallest absolute Gasteiger partial charge is 0.265 e. The van der Waals surface area contributed by atoms with Crippen molar-refractivity contribution in [2.75, 3.05) is 23.4 Å². The van der Waals surface area contributed by atoms with Crippen LogP contribution in [0, 0.1) is 13.8 Å². The first-order chi connectivity index (χ1) is 16.5. The van der Waals surface area contributed by atoms with E-state index in [4.69, 9.17) is 9.72 Å². The molecule has 0 radical (unpaired) electrons. The maximum absolute atomic E-state index is 12.9. The number of thiazole rings is 1. The molecule has 7 nitrogen and oxygen atoms in total. The van der Waals surface area contributed by atoms with Gasteiger partial charge in [-0.05, 0) is 55.3 Å². The molecule has 1 aliphatic rings. The Hall–Kier alpha value is -4.04. The predicted octanol–water partition coefficient (Wildman–Crippen LogP) is 4.85. The second kappa shape index (κ2) is 9.07. The fourth-order valence-corrected chi connectivity index (χ4v) is 4.69. The van der Waals surface area contributed by atoms with E-state index in [1.807, 2.05) is 73.8 Å². The number of carbonyl (C=O) groups excluding carboxylic acids is 2. The first-order valence-corrected chi connectivity index (χ1v) is 11.7. The van der Waals surface area contributed by atoms with Crippen LogP contribution in [0.25, 0.3) is 22.0 Å². The molecule has 5 rings (SSSR count). The van der Waals surface area contributed by atoms with Gasteiger partial charge in [0.2, 0.25) is 5.91 Å². The second-order valence-corrected chi connectivity index (χ2v) is 8.88. The minimum atomic E-state index is -0.270. The van der Waals surface area contributed by atoms with Crippen molar-refractivity contribution in [1.29, 1.82) is 0 Å². The number of fused-ring (bicyclic) bond motifs is 1.